The topological polar surface area (TPSA) is 12.4 Å². The Morgan fingerprint density at radius 1 is 1.00 bits per heavy atom. The van der Waals surface area contributed by atoms with Gasteiger partial charge in [0, 0.05) is 12.1 Å². The van der Waals surface area contributed by atoms with Crippen molar-refractivity contribution in [2.45, 2.75) is 64.9 Å². The number of allylic oxidation sites excluding steroid dienone is 3. The van der Waals surface area contributed by atoms with Gasteiger partial charge in [0.15, 0.2) is 0 Å². The summed E-state index contributed by atoms with van der Waals surface area (Å²) in [4.78, 5) is 0. The average Bonchev–Trinajstić information content (AvgIpc) is 2.64. The van der Waals surface area contributed by atoms with Crippen LogP contribution in [0.3, 0.4) is 0 Å². The number of nitrogens with zero attached hydrogens (tertiary/aromatic N) is 1. The highest BCUT2D eigenvalue weighted by molar-refractivity contribution is 7.68. The molecule has 0 bridgehead atoms. The van der Waals surface area contributed by atoms with Crippen LogP contribution in [0.5, 0.6) is 0 Å². The van der Waals surface area contributed by atoms with E-state index < -0.39 is 7.05 Å². The molecule has 0 aromatic carbocycles. The first-order chi connectivity index (χ1) is 7.41. The first kappa shape index (κ1) is 13.8. The lowest BCUT2D eigenvalue weighted by Crippen LogP contribution is -2.17. The van der Waals surface area contributed by atoms with Crippen LogP contribution in [-0.4, -0.2) is 17.0 Å². The van der Waals surface area contributed by atoms with Crippen molar-refractivity contribution >= 4 is 7.05 Å². The van der Waals surface area contributed by atoms with Crippen LogP contribution in [0.25, 0.3) is 0 Å². The van der Waals surface area contributed by atoms with Crippen LogP contribution in [0.4, 0.5) is 0 Å². The van der Waals surface area contributed by atoms with Crippen LogP contribution < -0.4 is 0 Å². The molecule has 0 saturated carbocycles. The van der Waals surface area contributed by atoms with Crippen LogP contribution in [0.1, 0.15) is 48.0 Å². The third-order valence-electron chi connectivity index (χ3n) is 3.54. The first-order valence-electron chi connectivity index (χ1n) is 6.38. The van der Waals surface area contributed by atoms with Gasteiger partial charge in [0.2, 0.25) is 0 Å². The fourth-order valence-electron chi connectivity index (χ4n) is 2.87. The first-order valence-corrected chi connectivity index (χ1v) is 8.33. The van der Waals surface area contributed by atoms with E-state index in [2.05, 4.69) is 59.8 Å². The fraction of sp³-hybridized carbons (Fsp3) is 0.714. The minimum Gasteiger partial charge on any atom is -0.271 e. The highest BCUT2D eigenvalue weighted by atomic mass is 31.2. The molecular formula is C14H26NP. The third-order valence-corrected chi connectivity index (χ3v) is 9.10. The number of hydrogen-bond acceptors (Lipinski definition) is 1. The highest BCUT2D eigenvalue weighted by Gasteiger charge is 2.31. The van der Waals surface area contributed by atoms with E-state index in [1.165, 1.54) is 5.70 Å². The summed E-state index contributed by atoms with van der Waals surface area (Å²) >= 11 is 0. The molecule has 1 aliphatic carbocycles. The van der Waals surface area contributed by atoms with E-state index in [1.54, 1.807) is 0 Å². The molecule has 0 amide bonds. The van der Waals surface area contributed by atoms with Gasteiger partial charge in [-0.15, -0.1) is 0 Å². The lowest BCUT2D eigenvalue weighted by molar-refractivity contribution is 0.918. The summed E-state index contributed by atoms with van der Waals surface area (Å²) in [5.74, 6) is 0. The minimum atomic E-state index is -1.24. The summed E-state index contributed by atoms with van der Waals surface area (Å²) in [5.41, 5.74) is 3.36. The highest BCUT2D eigenvalue weighted by Crippen LogP contribution is 2.63. The van der Waals surface area contributed by atoms with Crippen LogP contribution >= 0.6 is 7.05 Å². The van der Waals surface area contributed by atoms with Gasteiger partial charge in [0.05, 0.1) is 0 Å². The molecule has 1 aliphatic rings. The second kappa shape index (κ2) is 5.36. The maximum atomic E-state index is 5.22. The lowest BCUT2D eigenvalue weighted by atomic mass is 10.4. The summed E-state index contributed by atoms with van der Waals surface area (Å²) in [6.45, 7) is 14.1. The summed E-state index contributed by atoms with van der Waals surface area (Å²) < 4.78 is 5.22. The molecule has 0 atom stereocenters. The van der Waals surface area contributed by atoms with Gasteiger partial charge in [-0.25, -0.2) is 0 Å². The Kier molecular flexibility index (Phi) is 4.62. The molecule has 0 aromatic rings. The summed E-state index contributed by atoms with van der Waals surface area (Å²) in [6.07, 6.45) is 7.55. The van der Waals surface area contributed by atoms with Crippen molar-refractivity contribution in [1.29, 1.82) is 0 Å². The van der Waals surface area contributed by atoms with Crippen molar-refractivity contribution in [2.75, 3.05) is 0 Å². The van der Waals surface area contributed by atoms with E-state index in [1.807, 2.05) is 0 Å². The minimum absolute atomic E-state index is 0.689. The normalized spacial score (nSPS) is 16.4. The van der Waals surface area contributed by atoms with Gasteiger partial charge < -0.3 is 0 Å². The van der Waals surface area contributed by atoms with Crippen molar-refractivity contribution in [3.8, 4) is 0 Å². The fourth-order valence-corrected chi connectivity index (χ4v) is 7.73. The van der Waals surface area contributed by atoms with Gasteiger partial charge in [-0.1, -0.05) is 53.7 Å². The van der Waals surface area contributed by atoms with Crippen molar-refractivity contribution < 1.29 is 0 Å². The van der Waals surface area contributed by atoms with E-state index >= 15 is 0 Å². The van der Waals surface area contributed by atoms with Crippen molar-refractivity contribution in [1.82, 2.24) is 0 Å². The van der Waals surface area contributed by atoms with E-state index in [0.29, 0.717) is 17.0 Å². The van der Waals surface area contributed by atoms with Crippen molar-refractivity contribution in [3.05, 3.63) is 23.9 Å². The standard InChI is InChI=1S/C14H26NP/c1-11(2)16(12(3)4,13(5)6)15-14-9-7-8-10-14/h7-9,11-13H,10H2,1-6H3. The van der Waals surface area contributed by atoms with Crippen LogP contribution in [0, 0.1) is 0 Å². The molecule has 0 fully saturated rings. The van der Waals surface area contributed by atoms with Gasteiger partial charge in [0.25, 0.3) is 0 Å². The third kappa shape index (κ3) is 2.51. The van der Waals surface area contributed by atoms with E-state index in [0.717, 1.165) is 6.42 Å². The van der Waals surface area contributed by atoms with E-state index in [9.17, 15) is 0 Å². The van der Waals surface area contributed by atoms with Gasteiger partial charge >= 0.3 is 0 Å². The SMILES string of the molecule is CC(C)P(=NC1=CC=CC1)(C(C)C)C(C)C. The molecule has 0 saturated heterocycles. The molecule has 1 nitrogen and oxygen atoms in total. The zero-order chi connectivity index (χ0) is 12.3. The Morgan fingerprint density at radius 2 is 1.50 bits per heavy atom. The molecular weight excluding hydrogens is 213 g/mol. The van der Waals surface area contributed by atoms with Gasteiger partial charge in [0.1, 0.15) is 0 Å². The van der Waals surface area contributed by atoms with Crippen LogP contribution in [-0.2, 0) is 0 Å². The lowest BCUT2D eigenvalue weighted by Gasteiger charge is -2.36. The Morgan fingerprint density at radius 3 is 1.81 bits per heavy atom. The Balaban J connectivity index is 3.21. The van der Waals surface area contributed by atoms with E-state index in [-0.39, 0.29) is 0 Å². The zero-order valence-corrected chi connectivity index (χ0v) is 12.5. The second-order valence-corrected chi connectivity index (χ2v) is 10.4. The maximum Gasteiger partial charge on any atom is 0.0425 e. The number of rotatable bonds is 4. The second-order valence-electron chi connectivity index (χ2n) is 5.47. The van der Waals surface area contributed by atoms with Gasteiger partial charge in [-0.3, -0.25) is 4.74 Å². The average molecular weight is 239 g/mol. The molecule has 0 spiro atoms. The quantitative estimate of drug-likeness (QED) is 0.594. The molecule has 0 heterocycles. The molecule has 0 aromatic heterocycles. The predicted molar refractivity (Wildman–Crippen MR) is 76.6 cm³/mol. The molecule has 0 aliphatic heterocycles. The Hall–Kier alpha value is -0.290. The molecule has 2 heteroatoms. The maximum absolute atomic E-state index is 5.22. The summed E-state index contributed by atoms with van der Waals surface area (Å²) in [5, 5.41) is 0. The monoisotopic (exact) mass is 239 g/mol. The molecule has 16 heavy (non-hydrogen) atoms. The smallest absolute Gasteiger partial charge is 0.0425 e. The largest absolute Gasteiger partial charge is 0.271 e. The van der Waals surface area contributed by atoms with Crippen LogP contribution in [0.2, 0.25) is 0 Å². The molecule has 0 radical (unpaired) electrons. The molecule has 0 N–H and O–H groups in total. The van der Waals surface area contributed by atoms with Crippen LogP contribution in [0.15, 0.2) is 28.7 Å². The Labute approximate surface area is 101 Å². The summed E-state index contributed by atoms with van der Waals surface area (Å²) in [6, 6.07) is 0. The van der Waals surface area contributed by atoms with Crippen molar-refractivity contribution in [3.63, 3.8) is 0 Å². The molecule has 0 unspecified atom stereocenters. The summed E-state index contributed by atoms with van der Waals surface area (Å²) in [7, 11) is -1.24. The van der Waals surface area contributed by atoms with Gasteiger partial charge in [-0.2, -0.15) is 0 Å². The van der Waals surface area contributed by atoms with E-state index in [4.69, 9.17) is 4.74 Å². The predicted octanol–water partition coefficient (Wildman–Crippen LogP) is 5.26. The Bertz CT molecular complexity index is 317. The zero-order valence-electron chi connectivity index (χ0n) is 11.6. The number of hydrogen-bond donors (Lipinski definition) is 0. The van der Waals surface area contributed by atoms with Gasteiger partial charge in [-0.05, 0) is 30.1 Å². The molecule has 92 valence electrons. The molecule has 1 rings (SSSR count). The van der Waals surface area contributed by atoms with Crippen molar-refractivity contribution in [2.24, 2.45) is 4.74 Å².